The first-order valence-corrected chi connectivity index (χ1v) is 7.32. The average molecular weight is 284 g/mol. The van der Waals surface area contributed by atoms with E-state index in [4.69, 9.17) is 9.47 Å². The van der Waals surface area contributed by atoms with Crippen LogP contribution in [0.2, 0.25) is 0 Å². The lowest BCUT2D eigenvalue weighted by Crippen LogP contribution is -2.22. The van der Waals surface area contributed by atoms with Crippen molar-refractivity contribution < 1.29 is 14.6 Å². The van der Waals surface area contributed by atoms with Crippen LogP contribution < -0.4 is 9.47 Å². The smallest absolute Gasteiger partial charge is 0.133 e. The van der Waals surface area contributed by atoms with Crippen molar-refractivity contribution in [3.63, 3.8) is 0 Å². The highest BCUT2D eigenvalue weighted by molar-refractivity contribution is 5.42. The SMILES string of the molecule is CCc1ccccc1OC1Cc2ccc(OC)cc2C1O. The first-order valence-electron chi connectivity index (χ1n) is 7.32. The number of aliphatic hydroxyl groups is 1. The second-order valence-corrected chi connectivity index (χ2v) is 5.33. The number of aryl methyl sites for hydroxylation is 1. The number of benzene rings is 2. The Morgan fingerprint density at radius 3 is 2.76 bits per heavy atom. The molecule has 0 aromatic heterocycles. The number of fused-ring (bicyclic) bond motifs is 1. The standard InChI is InChI=1S/C18H20O3/c1-3-12-6-4-5-7-16(12)21-17-10-13-8-9-14(20-2)11-15(13)18(17)19/h4-9,11,17-19H,3,10H2,1-2H3. The quantitative estimate of drug-likeness (QED) is 0.936. The fraction of sp³-hybridized carbons (Fsp3) is 0.333. The van der Waals surface area contributed by atoms with Crippen LogP contribution in [0.4, 0.5) is 0 Å². The van der Waals surface area contributed by atoms with Gasteiger partial charge in [-0.2, -0.15) is 0 Å². The lowest BCUT2D eigenvalue weighted by molar-refractivity contribution is 0.0487. The van der Waals surface area contributed by atoms with Crippen molar-refractivity contribution >= 4 is 0 Å². The Morgan fingerprint density at radius 1 is 1.19 bits per heavy atom. The van der Waals surface area contributed by atoms with Crippen LogP contribution in [0.25, 0.3) is 0 Å². The third kappa shape index (κ3) is 2.61. The molecule has 0 spiro atoms. The Bertz CT molecular complexity index is 636. The van der Waals surface area contributed by atoms with E-state index in [-0.39, 0.29) is 6.10 Å². The Morgan fingerprint density at radius 2 is 2.00 bits per heavy atom. The Kier molecular flexibility index (Phi) is 3.84. The van der Waals surface area contributed by atoms with Gasteiger partial charge in [-0.05, 0) is 41.3 Å². The first-order chi connectivity index (χ1) is 10.2. The molecule has 21 heavy (non-hydrogen) atoms. The van der Waals surface area contributed by atoms with Crippen LogP contribution in [0.5, 0.6) is 11.5 Å². The fourth-order valence-corrected chi connectivity index (χ4v) is 2.87. The monoisotopic (exact) mass is 284 g/mol. The van der Waals surface area contributed by atoms with Gasteiger partial charge in [0.05, 0.1) is 7.11 Å². The molecule has 0 heterocycles. The molecule has 2 atom stereocenters. The number of methoxy groups -OCH3 is 1. The van der Waals surface area contributed by atoms with E-state index < -0.39 is 6.10 Å². The van der Waals surface area contributed by atoms with Crippen LogP contribution in [-0.4, -0.2) is 18.3 Å². The van der Waals surface area contributed by atoms with Crippen molar-refractivity contribution in [2.24, 2.45) is 0 Å². The van der Waals surface area contributed by atoms with Crippen LogP contribution in [0.3, 0.4) is 0 Å². The largest absolute Gasteiger partial charge is 0.497 e. The molecule has 0 radical (unpaired) electrons. The molecule has 0 saturated carbocycles. The van der Waals surface area contributed by atoms with E-state index in [0.717, 1.165) is 35.5 Å². The average Bonchev–Trinajstić information content (AvgIpc) is 2.83. The Balaban J connectivity index is 1.83. The molecule has 1 N–H and O–H groups in total. The first kappa shape index (κ1) is 14.0. The molecule has 3 rings (SSSR count). The van der Waals surface area contributed by atoms with E-state index in [0.29, 0.717) is 0 Å². The van der Waals surface area contributed by atoms with Gasteiger partial charge in [0.1, 0.15) is 23.7 Å². The summed E-state index contributed by atoms with van der Waals surface area (Å²) in [6.45, 7) is 2.10. The van der Waals surface area contributed by atoms with Crippen LogP contribution in [0.1, 0.15) is 29.7 Å². The molecule has 0 amide bonds. The van der Waals surface area contributed by atoms with Crippen molar-refractivity contribution in [1.29, 1.82) is 0 Å². The third-order valence-corrected chi connectivity index (χ3v) is 4.08. The van der Waals surface area contributed by atoms with Gasteiger partial charge in [0.25, 0.3) is 0 Å². The summed E-state index contributed by atoms with van der Waals surface area (Å²) in [5.74, 6) is 1.63. The summed E-state index contributed by atoms with van der Waals surface area (Å²) in [5, 5.41) is 10.5. The minimum Gasteiger partial charge on any atom is -0.497 e. The summed E-state index contributed by atoms with van der Waals surface area (Å²) in [5.41, 5.74) is 3.20. The highest BCUT2D eigenvalue weighted by Crippen LogP contribution is 2.36. The summed E-state index contributed by atoms with van der Waals surface area (Å²) in [7, 11) is 1.63. The lowest BCUT2D eigenvalue weighted by atomic mass is 10.1. The van der Waals surface area contributed by atoms with E-state index in [1.54, 1.807) is 7.11 Å². The number of ether oxygens (including phenoxy) is 2. The minimum absolute atomic E-state index is 0.236. The van der Waals surface area contributed by atoms with Gasteiger partial charge in [0.15, 0.2) is 0 Å². The normalized spacial score (nSPS) is 20.1. The van der Waals surface area contributed by atoms with E-state index >= 15 is 0 Å². The van der Waals surface area contributed by atoms with Crippen molar-refractivity contribution in [2.75, 3.05) is 7.11 Å². The predicted molar refractivity (Wildman–Crippen MR) is 81.9 cm³/mol. The van der Waals surface area contributed by atoms with E-state index in [2.05, 4.69) is 13.0 Å². The zero-order valence-corrected chi connectivity index (χ0v) is 12.4. The molecule has 0 fully saturated rings. The maximum Gasteiger partial charge on any atom is 0.133 e. The Hall–Kier alpha value is -2.00. The van der Waals surface area contributed by atoms with Gasteiger partial charge in [0, 0.05) is 6.42 Å². The van der Waals surface area contributed by atoms with E-state index in [9.17, 15) is 5.11 Å². The molecule has 2 aromatic rings. The van der Waals surface area contributed by atoms with Crippen LogP contribution in [0.15, 0.2) is 42.5 Å². The van der Waals surface area contributed by atoms with Crippen LogP contribution in [-0.2, 0) is 12.8 Å². The van der Waals surface area contributed by atoms with E-state index in [1.165, 1.54) is 5.56 Å². The van der Waals surface area contributed by atoms with Gasteiger partial charge >= 0.3 is 0 Å². The van der Waals surface area contributed by atoms with Gasteiger partial charge in [-0.25, -0.2) is 0 Å². The number of aliphatic hydroxyl groups excluding tert-OH is 1. The molecule has 0 aliphatic heterocycles. The zero-order valence-electron chi connectivity index (χ0n) is 12.4. The fourth-order valence-electron chi connectivity index (χ4n) is 2.87. The second kappa shape index (κ2) is 5.78. The zero-order chi connectivity index (χ0) is 14.8. The Labute approximate surface area is 125 Å². The molecule has 1 aliphatic rings. The number of hydrogen-bond acceptors (Lipinski definition) is 3. The molecule has 2 aromatic carbocycles. The van der Waals surface area contributed by atoms with Gasteiger partial charge in [-0.1, -0.05) is 31.2 Å². The second-order valence-electron chi connectivity index (χ2n) is 5.33. The molecule has 2 unspecified atom stereocenters. The van der Waals surface area contributed by atoms with Crippen LogP contribution >= 0.6 is 0 Å². The van der Waals surface area contributed by atoms with Crippen molar-refractivity contribution in [3.8, 4) is 11.5 Å². The maximum absolute atomic E-state index is 10.5. The highest BCUT2D eigenvalue weighted by Gasteiger charge is 2.33. The molecule has 3 heteroatoms. The molecule has 110 valence electrons. The number of rotatable bonds is 4. The molecule has 0 bridgehead atoms. The molecule has 1 aliphatic carbocycles. The van der Waals surface area contributed by atoms with Gasteiger partial charge in [0.2, 0.25) is 0 Å². The summed E-state index contributed by atoms with van der Waals surface area (Å²) in [4.78, 5) is 0. The van der Waals surface area contributed by atoms with Crippen molar-refractivity contribution in [1.82, 2.24) is 0 Å². The number of hydrogen-bond donors (Lipinski definition) is 1. The maximum atomic E-state index is 10.5. The van der Waals surface area contributed by atoms with E-state index in [1.807, 2.05) is 36.4 Å². The summed E-state index contributed by atoms with van der Waals surface area (Å²) >= 11 is 0. The summed E-state index contributed by atoms with van der Waals surface area (Å²) in [6.07, 6.45) is 0.790. The lowest BCUT2D eigenvalue weighted by Gasteiger charge is -2.19. The highest BCUT2D eigenvalue weighted by atomic mass is 16.5. The van der Waals surface area contributed by atoms with Crippen molar-refractivity contribution in [2.45, 2.75) is 32.0 Å². The molecular weight excluding hydrogens is 264 g/mol. The molecule has 3 nitrogen and oxygen atoms in total. The third-order valence-electron chi connectivity index (χ3n) is 4.08. The van der Waals surface area contributed by atoms with Gasteiger partial charge in [-0.3, -0.25) is 0 Å². The van der Waals surface area contributed by atoms with Crippen molar-refractivity contribution in [3.05, 3.63) is 59.2 Å². The molecule has 0 saturated heterocycles. The minimum atomic E-state index is -0.611. The molecular formula is C18H20O3. The number of para-hydroxylation sites is 1. The summed E-state index contributed by atoms with van der Waals surface area (Å²) < 4.78 is 11.3. The van der Waals surface area contributed by atoms with Crippen LogP contribution in [0, 0.1) is 0 Å². The van der Waals surface area contributed by atoms with Gasteiger partial charge < -0.3 is 14.6 Å². The topological polar surface area (TPSA) is 38.7 Å². The predicted octanol–water partition coefficient (Wildman–Crippen LogP) is 3.29. The van der Waals surface area contributed by atoms with Gasteiger partial charge in [-0.15, -0.1) is 0 Å². The summed E-state index contributed by atoms with van der Waals surface area (Å²) in [6, 6.07) is 13.8.